The molecule has 0 bridgehead atoms. The molecule has 2 rings (SSSR count). The average Bonchev–Trinajstić information content (AvgIpc) is 2.80. The zero-order valence-corrected chi connectivity index (χ0v) is 10.8. The summed E-state index contributed by atoms with van der Waals surface area (Å²) in [6.45, 7) is 0. The molecular formula is C12H11BrN2O2. The highest BCUT2D eigenvalue weighted by molar-refractivity contribution is 9.10. The highest BCUT2D eigenvalue weighted by Gasteiger charge is 2.08. The zero-order chi connectivity index (χ0) is 12.3. The highest BCUT2D eigenvalue weighted by atomic mass is 79.9. The largest absolute Gasteiger partial charge is 0.465 e. The van der Waals surface area contributed by atoms with Crippen molar-refractivity contribution < 1.29 is 9.53 Å². The number of H-pyrrole nitrogens is 1. The van der Waals surface area contributed by atoms with Crippen LogP contribution in [0.2, 0.25) is 0 Å². The Morgan fingerprint density at radius 2 is 2.35 bits per heavy atom. The molecule has 0 fully saturated rings. The number of ether oxygens (including phenoxy) is 1. The van der Waals surface area contributed by atoms with Crippen LogP contribution in [0.3, 0.4) is 0 Å². The molecule has 0 saturated heterocycles. The van der Waals surface area contributed by atoms with Crippen molar-refractivity contribution >= 4 is 21.9 Å². The smallest absolute Gasteiger partial charge is 0.339 e. The first kappa shape index (κ1) is 11.9. The summed E-state index contributed by atoms with van der Waals surface area (Å²) in [4.78, 5) is 18.6. The predicted octanol–water partition coefficient (Wildman–Crippen LogP) is 2.55. The van der Waals surface area contributed by atoms with Crippen LogP contribution in [0.1, 0.15) is 21.7 Å². The number of esters is 1. The number of carbonyl (C=O) groups excluding carboxylic acids is 1. The van der Waals surface area contributed by atoms with Gasteiger partial charge in [-0.3, -0.25) is 4.98 Å². The van der Waals surface area contributed by atoms with Crippen LogP contribution in [-0.2, 0) is 11.2 Å². The van der Waals surface area contributed by atoms with Gasteiger partial charge in [0.1, 0.15) is 0 Å². The number of aromatic nitrogens is 2. The molecule has 2 aromatic heterocycles. The molecule has 0 aliphatic carbocycles. The lowest BCUT2D eigenvalue weighted by Crippen LogP contribution is -1.98. The van der Waals surface area contributed by atoms with Gasteiger partial charge in [-0.05, 0) is 34.1 Å². The van der Waals surface area contributed by atoms with Crippen LogP contribution >= 0.6 is 15.9 Å². The quantitative estimate of drug-likeness (QED) is 0.885. The minimum absolute atomic E-state index is 0.337. The van der Waals surface area contributed by atoms with E-state index in [-0.39, 0.29) is 5.97 Å². The Morgan fingerprint density at radius 3 is 3.00 bits per heavy atom. The molecule has 2 aromatic rings. The summed E-state index contributed by atoms with van der Waals surface area (Å²) in [5.41, 5.74) is 2.39. The second-order valence-corrected chi connectivity index (χ2v) is 4.47. The SMILES string of the molecule is COC(=O)c1c[nH]c(Cc2ccc(Br)cn2)c1. The molecular weight excluding hydrogens is 284 g/mol. The molecule has 0 aromatic carbocycles. The predicted molar refractivity (Wildman–Crippen MR) is 66.9 cm³/mol. The van der Waals surface area contributed by atoms with Crippen LogP contribution < -0.4 is 0 Å². The van der Waals surface area contributed by atoms with Gasteiger partial charge in [0.25, 0.3) is 0 Å². The summed E-state index contributed by atoms with van der Waals surface area (Å²) in [5.74, 6) is -0.337. The number of halogens is 1. The summed E-state index contributed by atoms with van der Waals surface area (Å²) >= 11 is 3.33. The van der Waals surface area contributed by atoms with E-state index >= 15 is 0 Å². The topological polar surface area (TPSA) is 55.0 Å². The van der Waals surface area contributed by atoms with Crippen LogP contribution in [0.15, 0.2) is 35.1 Å². The summed E-state index contributed by atoms with van der Waals surface area (Å²) in [7, 11) is 1.37. The minimum atomic E-state index is -0.337. The first-order chi connectivity index (χ1) is 8.19. The van der Waals surface area contributed by atoms with E-state index in [0.29, 0.717) is 12.0 Å². The molecule has 17 heavy (non-hydrogen) atoms. The number of aromatic amines is 1. The van der Waals surface area contributed by atoms with Gasteiger partial charge in [0.05, 0.1) is 12.7 Å². The Balaban J connectivity index is 2.11. The summed E-state index contributed by atoms with van der Waals surface area (Å²) in [5, 5.41) is 0. The lowest BCUT2D eigenvalue weighted by atomic mass is 10.2. The van der Waals surface area contributed by atoms with Crippen molar-refractivity contribution in [2.24, 2.45) is 0 Å². The third kappa shape index (κ3) is 2.94. The molecule has 0 atom stereocenters. The lowest BCUT2D eigenvalue weighted by molar-refractivity contribution is 0.0601. The fraction of sp³-hybridized carbons (Fsp3) is 0.167. The van der Waals surface area contributed by atoms with Crippen molar-refractivity contribution in [1.82, 2.24) is 9.97 Å². The van der Waals surface area contributed by atoms with Crippen molar-refractivity contribution in [3.05, 3.63) is 52.0 Å². The van der Waals surface area contributed by atoms with Gasteiger partial charge in [-0.1, -0.05) is 0 Å². The molecule has 1 N–H and O–H groups in total. The van der Waals surface area contributed by atoms with E-state index in [0.717, 1.165) is 15.9 Å². The van der Waals surface area contributed by atoms with Crippen LogP contribution in [0.4, 0.5) is 0 Å². The van der Waals surface area contributed by atoms with Crippen LogP contribution in [0.25, 0.3) is 0 Å². The van der Waals surface area contributed by atoms with E-state index in [4.69, 9.17) is 0 Å². The van der Waals surface area contributed by atoms with E-state index in [9.17, 15) is 4.79 Å². The molecule has 0 aliphatic heterocycles. The first-order valence-corrected chi connectivity index (χ1v) is 5.84. The number of methoxy groups -OCH3 is 1. The third-order valence-electron chi connectivity index (χ3n) is 2.32. The van der Waals surface area contributed by atoms with Gasteiger partial charge in [-0.15, -0.1) is 0 Å². The summed E-state index contributed by atoms with van der Waals surface area (Å²) in [6.07, 6.45) is 4.05. The monoisotopic (exact) mass is 294 g/mol. The standard InChI is InChI=1S/C12H11BrN2O2/c1-17-12(16)8-4-11(14-6-8)5-10-3-2-9(13)7-15-10/h2-4,6-7,14H,5H2,1H3. The maximum Gasteiger partial charge on any atom is 0.339 e. The van der Waals surface area contributed by atoms with Gasteiger partial charge >= 0.3 is 5.97 Å². The van der Waals surface area contributed by atoms with Crippen molar-refractivity contribution in [2.75, 3.05) is 7.11 Å². The number of hydrogen-bond donors (Lipinski definition) is 1. The van der Waals surface area contributed by atoms with Crippen molar-refractivity contribution in [2.45, 2.75) is 6.42 Å². The fourth-order valence-corrected chi connectivity index (χ4v) is 1.72. The first-order valence-electron chi connectivity index (χ1n) is 5.05. The molecule has 0 amide bonds. The number of nitrogens with zero attached hydrogens (tertiary/aromatic N) is 1. The Bertz CT molecular complexity index is 520. The average molecular weight is 295 g/mol. The highest BCUT2D eigenvalue weighted by Crippen LogP contribution is 2.12. The van der Waals surface area contributed by atoms with Gasteiger partial charge in [0.15, 0.2) is 0 Å². The molecule has 4 nitrogen and oxygen atoms in total. The maximum absolute atomic E-state index is 11.3. The number of pyridine rings is 1. The van der Waals surface area contributed by atoms with Crippen LogP contribution in [-0.4, -0.2) is 23.0 Å². The van der Waals surface area contributed by atoms with Gasteiger partial charge in [-0.25, -0.2) is 4.79 Å². The number of nitrogens with one attached hydrogen (secondary N) is 1. The fourth-order valence-electron chi connectivity index (χ4n) is 1.49. The van der Waals surface area contributed by atoms with E-state index in [1.165, 1.54) is 7.11 Å². The van der Waals surface area contributed by atoms with E-state index in [1.807, 2.05) is 12.1 Å². The van der Waals surface area contributed by atoms with Crippen molar-refractivity contribution in [1.29, 1.82) is 0 Å². The molecule has 0 spiro atoms. The summed E-state index contributed by atoms with van der Waals surface area (Å²) in [6, 6.07) is 5.64. The molecule has 5 heteroatoms. The summed E-state index contributed by atoms with van der Waals surface area (Å²) < 4.78 is 5.58. The van der Waals surface area contributed by atoms with Gasteiger partial charge in [0.2, 0.25) is 0 Å². The second kappa shape index (κ2) is 5.14. The lowest BCUT2D eigenvalue weighted by Gasteiger charge is -1.98. The number of hydrogen-bond acceptors (Lipinski definition) is 3. The van der Waals surface area contributed by atoms with E-state index in [1.54, 1.807) is 18.5 Å². The van der Waals surface area contributed by atoms with Crippen molar-refractivity contribution in [3.8, 4) is 0 Å². The zero-order valence-electron chi connectivity index (χ0n) is 9.24. The molecule has 0 aliphatic rings. The minimum Gasteiger partial charge on any atom is -0.465 e. The number of rotatable bonds is 3. The Labute approximate surface area is 107 Å². The molecule has 0 saturated carbocycles. The van der Waals surface area contributed by atoms with Crippen LogP contribution in [0, 0.1) is 0 Å². The number of carbonyl (C=O) groups is 1. The third-order valence-corrected chi connectivity index (χ3v) is 2.79. The van der Waals surface area contributed by atoms with Gasteiger partial charge in [0, 0.05) is 34.7 Å². The normalized spacial score (nSPS) is 10.2. The molecule has 2 heterocycles. The molecule has 0 radical (unpaired) electrons. The Hall–Kier alpha value is -1.62. The van der Waals surface area contributed by atoms with E-state index < -0.39 is 0 Å². The van der Waals surface area contributed by atoms with Crippen molar-refractivity contribution in [3.63, 3.8) is 0 Å². The Morgan fingerprint density at radius 1 is 1.53 bits per heavy atom. The van der Waals surface area contributed by atoms with Gasteiger partial charge < -0.3 is 9.72 Å². The van der Waals surface area contributed by atoms with E-state index in [2.05, 4.69) is 30.6 Å². The Kier molecular flexibility index (Phi) is 3.58. The maximum atomic E-state index is 11.3. The van der Waals surface area contributed by atoms with Gasteiger partial charge in [-0.2, -0.15) is 0 Å². The molecule has 0 unspecified atom stereocenters. The molecule has 88 valence electrons. The second-order valence-electron chi connectivity index (χ2n) is 3.55. The van der Waals surface area contributed by atoms with Crippen LogP contribution in [0.5, 0.6) is 0 Å².